The van der Waals surface area contributed by atoms with Gasteiger partial charge in [0, 0.05) is 11.1 Å². The number of nitrogens with one attached hydrogen (secondary N) is 2. The molecule has 0 aromatic carbocycles. The van der Waals surface area contributed by atoms with Crippen molar-refractivity contribution in [3.05, 3.63) is 24.3 Å². The highest BCUT2D eigenvalue weighted by Crippen LogP contribution is 1.86. The highest BCUT2D eigenvalue weighted by Gasteiger charge is 2.03. The monoisotopic (exact) mass is 184 g/mol. The van der Waals surface area contributed by atoms with Crippen molar-refractivity contribution in [1.82, 2.24) is 11.0 Å². The first kappa shape index (κ1) is 11.4. The Kier molecular flexibility index (Phi) is 4.47. The minimum absolute atomic E-state index is 0.282. The van der Waals surface area contributed by atoms with Gasteiger partial charge >= 0.3 is 0 Å². The molecule has 0 heterocycles. The van der Waals surface area contributed by atoms with Gasteiger partial charge in [-0.25, -0.2) is 11.0 Å². The van der Waals surface area contributed by atoms with Gasteiger partial charge in [0.2, 0.25) is 0 Å². The van der Waals surface area contributed by atoms with Gasteiger partial charge in [0.25, 0.3) is 11.8 Å². The van der Waals surface area contributed by atoms with Crippen molar-refractivity contribution in [2.75, 3.05) is 0 Å². The number of carbonyl (C=O) groups is 2. The molecule has 5 heteroatoms. The maximum absolute atomic E-state index is 10.8. The van der Waals surface area contributed by atoms with Crippen LogP contribution in [-0.2, 0) is 14.5 Å². The van der Waals surface area contributed by atoms with Crippen LogP contribution in [0.25, 0.3) is 0 Å². The molecule has 5 nitrogen and oxygen atoms in total. The molecule has 0 bridgehead atoms. The van der Waals surface area contributed by atoms with Crippen LogP contribution < -0.4 is 11.0 Å². The van der Waals surface area contributed by atoms with E-state index in [1.807, 2.05) is 11.0 Å². The second kappa shape index (κ2) is 5.10. The molecule has 0 aliphatic heterocycles. The lowest BCUT2D eigenvalue weighted by atomic mass is 10.3. The van der Waals surface area contributed by atoms with Crippen LogP contribution in [-0.4, -0.2) is 11.8 Å². The van der Waals surface area contributed by atoms with Gasteiger partial charge < -0.3 is 0 Å². The molecule has 0 aliphatic rings. The Morgan fingerprint density at radius 1 is 1.00 bits per heavy atom. The van der Waals surface area contributed by atoms with E-state index >= 15 is 0 Å². The van der Waals surface area contributed by atoms with Crippen LogP contribution in [0.1, 0.15) is 13.8 Å². The Morgan fingerprint density at radius 2 is 1.31 bits per heavy atom. The molecule has 72 valence electrons. The summed E-state index contributed by atoms with van der Waals surface area (Å²) in [5.74, 6) is -0.996. The van der Waals surface area contributed by atoms with Crippen LogP contribution in [0.5, 0.6) is 0 Å². The normalized spacial score (nSPS) is 8.77. The van der Waals surface area contributed by atoms with Crippen molar-refractivity contribution in [2.45, 2.75) is 13.8 Å². The molecule has 0 saturated carbocycles. The molecule has 2 N–H and O–H groups in total. The minimum Gasteiger partial charge on any atom is -0.267 e. The van der Waals surface area contributed by atoms with Crippen molar-refractivity contribution in [3.8, 4) is 0 Å². The summed E-state index contributed by atoms with van der Waals surface area (Å²) in [6, 6.07) is 0. The van der Waals surface area contributed by atoms with Crippen molar-refractivity contribution >= 4 is 11.8 Å². The lowest BCUT2D eigenvalue weighted by Gasteiger charge is -2.05. The maximum atomic E-state index is 10.8. The van der Waals surface area contributed by atoms with Gasteiger partial charge in [-0.15, -0.1) is 0 Å². The average molecular weight is 184 g/mol. The number of amides is 2. The number of hydrogen-bond acceptors (Lipinski definition) is 3. The van der Waals surface area contributed by atoms with E-state index in [0.29, 0.717) is 0 Å². The van der Waals surface area contributed by atoms with Crippen LogP contribution in [0.3, 0.4) is 0 Å². The van der Waals surface area contributed by atoms with Gasteiger partial charge in [-0.05, 0) is 13.8 Å². The molecular formula is C8H12N2O3. The van der Waals surface area contributed by atoms with E-state index in [9.17, 15) is 9.59 Å². The van der Waals surface area contributed by atoms with Gasteiger partial charge in [0.1, 0.15) is 0 Å². The molecule has 0 aromatic heterocycles. The highest BCUT2D eigenvalue weighted by atomic mass is 16.8. The van der Waals surface area contributed by atoms with E-state index in [-0.39, 0.29) is 11.1 Å². The zero-order valence-corrected chi connectivity index (χ0v) is 7.64. The molecule has 0 spiro atoms. The van der Waals surface area contributed by atoms with Gasteiger partial charge in [0.05, 0.1) is 0 Å². The maximum Gasteiger partial charge on any atom is 0.271 e. The topological polar surface area (TPSA) is 67.4 Å². The minimum atomic E-state index is -0.498. The third-order valence-electron chi connectivity index (χ3n) is 1.06. The highest BCUT2D eigenvalue weighted by molar-refractivity contribution is 5.92. The van der Waals surface area contributed by atoms with E-state index in [1.54, 1.807) is 0 Å². The molecular weight excluding hydrogens is 172 g/mol. The van der Waals surface area contributed by atoms with Gasteiger partial charge in [-0.1, -0.05) is 13.2 Å². The molecule has 0 saturated heterocycles. The van der Waals surface area contributed by atoms with Crippen LogP contribution in [0.2, 0.25) is 0 Å². The fraction of sp³-hybridized carbons (Fsp3) is 0.250. The predicted molar refractivity (Wildman–Crippen MR) is 47.0 cm³/mol. The molecule has 0 rings (SSSR count). The summed E-state index contributed by atoms with van der Waals surface area (Å²) >= 11 is 0. The zero-order chi connectivity index (χ0) is 10.4. The smallest absolute Gasteiger partial charge is 0.267 e. The summed E-state index contributed by atoms with van der Waals surface area (Å²) in [6.07, 6.45) is 0. The summed E-state index contributed by atoms with van der Waals surface area (Å²) in [6.45, 7) is 9.76. The Morgan fingerprint density at radius 3 is 1.54 bits per heavy atom. The largest absolute Gasteiger partial charge is 0.271 e. The molecule has 13 heavy (non-hydrogen) atoms. The summed E-state index contributed by atoms with van der Waals surface area (Å²) in [5, 5.41) is 0. The summed E-state index contributed by atoms with van der Waals surface area (Å²) in [4.78, 5) is 25.9. The van der Waals surface area contributed by atoms with E-state index < -0.39 is 11.8 Å². The fourth-order valence-corrected chi connectivity index (χ4v) is 0.292. The van der Waals surface area contributed by atoms with Crippen molar-refractivity contribution in [2.24, 2.45) is 0 Å². The van der Waals surface area contributed by atoms with Crippen LogP contribution >= 0.6 is 0 Å². The first-order valence-corrected chi connectivity index (χ1v) is 3.52. The third-order valence-corrected chi connectivity index (χ3v) is 1.06. The first-order chi connectivity index (χ1) is 5.95. The summed E-state index contributed by atoms with van der Waals surface area (Å²) in [7, 11) is 0. The van der Waals surface area contributed by atoms with E-state index in [2.05, 4.69) is 18.1 Å². The molecule has 0 radical (unpaired) electrons. The molecule has 0 atom stereocenters. The van der Waals surface area contributed by atoms with Gasteiger partial charge in [-0.3, -0.25) is 9.59 Å². The Labute approximate surface area is 76.4 Å². The predicted octanol–water partition coefficient (Wildman–Crippen LogP) is 0.218. The molecule has 0 unspecified atom stereocenters. The van der Waals surface area contributed by atoms with Gasteiger partial charge in [-0.2, -0.15) is 4.94 Å². The van der Waals surface area contributed by atoms with Crippen molar-refractivity contribution in [3.63, 3.8) is 0 Å². The SMILES string of the molecule is C=C(C)C(=O)NONC(=O)C(=C)C. The second-order valence-corrected chi connectivity index (χ2v) is 2.53. The lowest BCUT2D eigenvalue weighted by molar-refractivity contribution is -0.146. The Hall–Kier alpha value is -1.62. The first-order valence-electron chi connectivity index (χ1n) is 3.52. The fourth-order valence-electron chi connectivity index (χ4n) is 0.292. The molecule has 0 fully saturated rings. The summed E-state index contributed by atoms with van der Waals surface area (Å²) < 4.78 is 0. The standard InChI is InChI=1S/C8H12N2O3/c1-5(2)7(11)9-13-10-8(12)6(3)4/h1,3H2,2,4H3,(H,9,11)(H,10,12). The number of hydrogen-bond donors (Lipinski definition) is 2. The quantitative estimate of drug-likeness (QED) is 0.485. The van der Waals surface area contributed by atoms with Crippen molar-refractivity contribution < 1.29 is 14.5 Å². The Balaban J connectivity index is 3.69. The second-order valence-electron chi connectivity index (χ2n) is 2.53. The average Bonchev–Trinajstić information content (AvgIpc) is 2.03. The van der Waals surface area contributed by atoms with Crippen LogP contribution in [0.15, 0.2) is 24.3 Å². The molecule has 0 aliphatic carbocycles. The van der Waals surface area contributed by atoms with Crippen LogP contribution in [0, 0.1) is 0 Å². The van der Waals surface area contributed by atoms with Gasteiger partial charge in [0.15, 0.2) is 0 Å². The van der Waals surface area contributed by atoms with E-state index in [0.717, 1.165) is 0 Å². The van der Waals surface area contributed by atoms with Crippen LogP contribution in [0.4, 0.5) is 0 Å². The number of rotatable bonds is 4. The van der Waals surface area contributed by atoms with E-state index in [4.69, 9.17) is 0 Å². The lowest BCUT2D eigenvalue weighted by Crippen LogP contribution is -2.35. The molecule has 2 amide bonds. The zero-order valence-electron chi connectivity index (χ0n) is 7.64. The Bertz CT molecular complexity index is 232. The molecule has 0 aromatic rings. The van der Waals surface area contributed by atoms with E-state index in [1.165, 1.54) is 13.8 Å². The van der Waals surface area contributed by atoms with Crippen molar-refractivity contribution in [1.29, 1.82) is 0 Å². The third kappa shape index (κ3) is 4.76. The number of carbonyl (C=O) groups excluding carboxylic acids is 2. The summed E-state index contributed by atoms with van der Waals surface area (Å²) in [5.41, 5.74) is 4.48. The number of hydroxylamine groups is 2.